The van der Waals surface area contributed by atoms with E-state index in [9.17, 15) is 13.6 Å². The molecule has 1 unspecified atom stereocenters. The Morgan fingerprint density at radius 3 is 2.76 bits per heavy atom. The van der Waals surface area contributed by atoms with Crippen LogP contribution in [0.4, 0.5) is 8.78 Å². The quantitative estimate of drug-likeness (QED) is 0.608. The van der Waals surface area contributed by atoms with Gasteiger partial charge in [0.2, 0.25) is 0 Å². The van der Waals surface area contributed by atoms with Crippen molar-refractivity contribution in [1.29, 1.82) is 0 Å². The van der Waals surface area contributed by atoms with Crippen LogP contribution in [0.3, 0.4) is 0 Å². The highest BCUT2D eigenvalue weighted by Crippen LogP contribution is 2.18. The number of ether oxygens (including phenoxy) is 1. The van der Waals surface area contributed by atoms with Gasteiger partial charge in [-0.3, -0.25) is 9.36 Å². The van der Waals surface area contributed by atoms with Crippen molar-refractivity contribution in [2.75, 3.05) is 13.2 Å². The van der Waals surface area contributed by atoms with Gasteiger partial charge in [0.1, 0.15) is 12.4 Å². The number of benzene rings is 1. The maximum atomic E-state index is 12.4. The van der Waals surface area contributed by atoms with Crippen molar-refractivity contribution in [3.8, 4) is 0 Å². The topological polar surface area (TPSA) is 44.1 Å². The molecule has 2 aromatic rings. The standard InChI is InChI=1S/C14H15ClF2N2O2/c1-9(15)13-18-11-5-3-2-4-10(11)14(20)19(13)6-7-21-8-12(16)17/h2-5,9,12H,6-8H2,1H3. The molecule has 114 valence electrons. The maximum absolute atomic E-state index is 12.4. The number of aromatic nitrogens is 2. The predicted molar refractivity (Wildman–Crippen MR) is 77.1 cm³/mol. The van der Waals surface area contributed by atoms with Crippen LogP contribution in [0.2, 0.25) is 0 Å². The SMILES string of the molecule is CC(Cl)c1nc2ccccc2c(=O)n1CCOCC(F)F. The van der Waals surface area contributed by atoms with Gasteiger partial charge in [0.25, 0.3) is 12.0 Å². The maximum Gasteiger partial charge on any atom is 0.261 e. The molecule has 0 radical (unpaired) electrons. The molecule has 0 amide bonds. The highest BCUT2D eigenvalue weighted by atomic mass is 35.5. The van der Waals surface area contributed by atoms with E-state index in [1.807, 2.05) is 0 Å². The van der Waals surface area contributed by atoms with E-state index in [4.69, 9.17) is 16.3 Å². The summed E-state index contributed by atoms with van der Waals surface area (Å²) in [4.78, 5) is 16.8. The summed E-state index contributed by atoms with van der Waals surface area (Å²) in [7, 11) is 0. The molecule has 1 aromatic heterocycles. The van der Waals surface area contributed by atoms with Crippen LogP contribution in [0, 0.1) is 0 Å². The molecule has 0 spiro atoms. The Hall–Kier alpha value is -1.53. The summed E-state index contributed by atoms with van der Waals surface area (Å²) in [5.74, 6) is 0.404. The van der Waals surface area contributed by atoms with E-state index in [1.54, 1.807) is 31.2 Å². The van der Waals surface area contributed by atoms with Crippen LogP contribution < -0.4 is 5.56 Å². The van der Waals surface area contributed by atoms with Gasteiger partial charge in [-0.25, -0.2) is 13.8 Å². The zero-order chi connectivity index (χ0) is 15.4. The van der Waals surface area contributed by atoms with Crippen molar-refractivity contribution in [3.05, 3.63) is 40.4 Å². The van der Waals surface area contributed by atoms with Crippen molar-refractivity contribution in [1.82, 2.24) is 9.55 Å². The van der Waals surface area contributed by atoms with Crippen molar-refractivity contribution in [2.24, 2.45) is 0 Å². The molecule has 1 aromatic carbocycles. The third kappa shape index (κ3) is 3.77. The Bertz CT molecular complexity index is 674. The van der Waals surface area contributed by atoms with Gasteiger partial charge in [0.15, 0.2) is 0 Å². The first-order valence-corrected chi connectivity index (χ1v) is 6.93. The normalized spacial score (nSPS) is 13.0. The number of hydrogen-bond donors (Lipinski definition) is 0. The fourth-order valence-corrected chi connectivity index (χ4v) is 2.20. The third-order valence-corrected chi connectivity index (χ3v) is 3.15. The van der Waals surface area contributed by atoms with Gasteiger partial charge in [-0.1, -0.05) is 12.1 Å². The first kappa shape index (κ1) is 15.9. The van der Waals surface area contributed by atoms with E-state index in [0.29, 0.717) is 16.7 Å². The molecule has 4 nitrogen and oxygen atoms in total. The molecule has 1 heterocycles. The van der Waals surface area contributed by atoms with Crippen molar-refractivity contribution in [2.45, 2.75) is 25.3 Å². The van der Waals surface area contributed by atoms with Crippen molar-refractivity contribution < 1.29 is 13.5 Å². The van der Waals surface area contributed by atoms with Crippen LogP contribution in [0.25, 0.3) is 10.9 Å². The van der Waals surface area contributed by atoms with E-state index in [2.05, 4.69) is 4.98 Å². The number of nitrogens with zero attached hydrogens (tertiary/aromatic N) is 2. The molecule has 0 bridgehead atoms. The lowest BCUT2D eigenvalue weighted by Crippen LogP contribution is -2.28. The molecule has 1 atom stereocenters. The smallest absolute Gasteiger partial charge is 0.261 e. The van der Waals surface area contributed by atoms with Gasteiger partial charge >= 0.3 is 0 Å². The number of alkyl halides is 3. The minimum absolute atomic E-state index is 0.000869. The average Bonchev–Trinajstić information content (AvgIpc) is 2.44. The summed E-state index contributed by atoms with van der Waals surface area (Å²) in [5.41, 5.74) is 0.318. The predicted octanol–water partition coefficient (Wildman–Crippen LogP) is 2.98. The first-order valence-electron chi connectivity index (χ1n) is 6.50. The van der Waals surface area contributed by atoms with E-state index in [-0.39, 0.29) is 18.7 Å². The second kappa shape index (κ2) is 6.95. The molecule has 7 heteroatoms. The van der Waals surface area contributed by atoms with Gasteiger partial charge in [0.05, 0.1) is 29.4 Å². The number of fused-ring (bicyclic) bond motifs is 1. The lowest BCUT2D eigenvalue weighted by Gasteiger charge is -2.15. The molecule has 0 fully saturated rings. The Kier molecular flexibility index (Phi) is 5.25. The van der Waals surface area contributed by atoms with Gasteiger partial charge in [-0.05, 0) is 19.1 Å². The molecular weight excluding hydrogens is 302 g/mol. The molecule has 21 heavy (non-hydrogen) atoms. The second-order valence-electron chi connectivity index (χ2n) is 4.53. The number of hydrogen-bond acceptors (Lipinski definition) is 3. The zero-order valence-corrected chi connectivity index (χ0v) is 12.2. The highest BCUT2D eigenvalue weighted by Gasteiger charge is 2.14. The first-order chi connectivity index (χ1) is 10.0. The van der Waals surface area contributed by atoms with Crippen LogP contribution in [-0.2, 0) is 11.3 Å². The van der Waals surface area contributed by atoms with Gasteiger partial charge in [0, 0.05) is 0 Å². The highest BCUT2D eigenvalue weighted by molar-refractivity contribution is 6.20. The second-order valence-corrected chi connectivity index (χ2v) is 5.18. The van der Waals surface area contributed by atoms with Crippen LogP contribution in [0.15, 0.2) is 29.1 Å². The fourth-order valence-electron chi connectivity index (χ4n) is 2.03. The number of rotatable bonds is 6. The zero-order valence-electron chi connectivity index (χ0n) is 11.4. The van der Waals surface area contributed by atoms with E-state index in [0.717, 1.165) is 0 Å². The molecule has 0 saturated heterocycles. The summed E-state index contributed by atoms with van der Waals surface area (Å²) in [6, 6.07) is 6.93. The Morgan fingerprint density at radius 2 is 2.10 bits per heavy atom. The molecule has 0 aliphatic rings. The van der Waals surface area contributed by atoms with Crippen LogP contribution in [-0.4, -0.2) is 29.2 Å². The minimum Gasteiger partial charge on any atom is -0.374 e. The van der Waals surface area contributed by atoms with E-state index >= 15 is 0 Å². The number of halogens is 3. The molecule has 0 saturated carbocycles. The van der Waals surface area contributed by atoms with Gasteiger partial charge < -0.3 is 4.74 Å². The van der Waals surface area contributed by atoms with Gasteiger partial charge in [-0.15, -0.1) is 11.6 Å². The average molecular weight is 317 g/mol. The largest absolute Gasteiger partial charge is 0.374 e. The molecule has 0 N–H and O–H groups in total. The van der Waals surface area contributed by atoms with Crippen LogP contribution in [0.1, 0.15) is 18.1 Å². The Labute approximate surface area is 125 Å². The molecule has 0 aliphatic carbocycles. The Balaban J connectivity index is 2.33. The lowest BCUT2D eigenvalue weighted by atomic mass is 10.2. The minimum atomic E-state index is -2.53. The number of para-hydroxylation sites is 1. The third-order valence-electron chi connectivity index (χ3n) is 2.95. The summed E-state index contributed by atoms with van der Waals surface area (Å²) < 4.78 is 30.3. The van der Waals surface area contributed by atoms with E-state index < -0.39 is 18.4 Å². The summed E-state index contributed by atoms with van der Waals surface area (Å²) in [6.07, 6.45) is -2.53. The molecule has 0 aliphatic heterocycles. The van der Waals surface area contributed by atoms with Crippen LogP contribution in [0.5, 0.6) is 0 Å². The van der Waals surface area contributed by atoms with Crippen molar-refractivity contribution in [3.63, 3.8) is 0 Å². The molecule has 2 rings (SSSR count). The Morgan fingerprint density at radius 1 is 1.38 bits per heavy atom. The van der Waals surface area contributed by atoms with E-state index in [1.165, 1.54) is 4.57 Å². The summed E-state index contributed by atoms with van der Waals surface area (Å²) in [6.45, 7) is 1.19. The van der Waals surface area contributed by atoms with Crippen molar-refractivity contribution >= 4 is 22.5 Å². The lowest BCUT2D eigenvalue weighted by molar-refractivity contribution is 0.0143. The molecular formula is C14H15ClF2N2O2. The summed E-state index contributed by atoms with van der Waals surface area (Å²) in [5, 5.41) is -0.00942. The van der Waals surface area contributed by atoms with Crippen LogP contribution >= 0.6 is 11.6 Å². The fraction of sp³-hybridized carbons (Fsp3) is 0.429. The monoisotopic (exact) mass is 316 g/mol. The van der Waals surface area contributed by atoms with Gasteiger partial charge in [-0.2, -0.15) is 0 Å². The summed E-state index contributed by atoms with van der Waals surface area (Å²) >= 11 is 6.06.